The van der Waals surface area contributed by atoms with Crippen molar-refractivity contribution < 1.29 is 4.74 Å². The molecule has 2 aromatic rings. The van der Waals surface area contributed by atoms with E-state index in [9.17, 15) is 0 Å². The summed E-state index contributed by atoms with van der Waals surface area (Å²) >= 11 is 1.76. The van der Waals surface area contributed by atoms with Crippen molar-refractivity contribution in [3.63, 3.8) is 0 Å². The van der Waals surface area contributed by atoms with E-state index >= 15 is 0 Å². The number of thiazole rings is 1. The van der Waals surface area contributed by atoms with Gasteiger partial charge in [0.1, 0.15) is 5.75 Å². The summed E-state index contributed by atoms with van der Waals surface area (Å²) in [5, 5.41) is 4.54. The second-order valence-electron chi connectivity index (χ2n) is 5.17. The molecule has 0 amide bonds. The Morgan fingerprint density at radius 2 is 2.20 bits per heavy atom. The van der Waals surface area contributed by atoms with E-state index in [0.29, 0.717) is 12.6 Å². The van der Waals surface area contributed by atoms with E-state index < -0.39 is 0 Å². The molecular formula is C16H22N2OS. The molecule has 4 heteroatoms. The number of nitrogens with zero attached hydrogens (tertiary/aromatic N) is 1. The summed E-state index contributed by atoms with van der Waals surface area (Å²) < 4.78 is 5.75. The van der Waals surface area contributed by atoms with Crippen LogP contribution in [0.1, 0.15) is 29.3 Å². The average molecular weight is 290 g/mol. The Balaban J connectivity index is 1.77. The molecular weight excluding hydrogens is 268 g/mol. The predicted molar refractivity (Wildman–Crippen MR) is 84.5 cm³/mol. The Labute approximate surface area is 125 Å². The third-order valence-corrected chi connectivity index (χ3v) is 3.92. The molecule has 1 aromatic carbocycles. The van der Waals surface area contributed by atoms with Gasteiger partial charge in [-0.3, -0.25) is 0 Å². The highest BCUT2D eigenvalue weighted by Gasteiger charge is 2.03. The molecule has 3 nitrogen and oxygen atoms in total. The number of aryl methyl sites for hydroxylation is 1. The Hall–Kier alpha value is -1.39. The molecule has 1 N–H and O–H groups in total. The van der Waals surface area contributed by atoms with Crippen LogP contribution in [0.2, 0.25) is 0 Å². The highest BCUT2D eigenvalue weighted by molar-refractivity contribution is 7.11. The van der Waals surface area contributed by atoms with Crippen molar-refractivity contribution in [2.75, 3.05) is 6.61 Å². The van der Waals surface area contributed by atoms with Gasteiger partial charge in [0.2, 0.25) is 0 Å². The lowest BCUT2D eigenvalue weighted by Gasteiger charge is -2.05. The van der Waals surface area contributed by atoms with Crippen LogP contribution in [0, 0.1) is 6.92 Å². The van der Waals surface area contributed by atoms with Gasteiger partial charge in [-0.05, 0) is 24.6 Å². The third-order valence-electron chi connectivity index (χ3n) is 2.86. The second kappa shape index (κ2) is 7.41. The largest absolute Gasteiger partial charge is 0.493 e. The first-order valence-corrected chi connectivity index (χ1v) is 7.81. The van der Waals surface area contributed by atoms with Crippen molar-refractivity contribution in [1.82, 2.24) is 10.3 Å². The molecule has 108 valence electrons. The molecule has 0 atom stereocenters. The van der Waals surface area contributed by atoms with E-state index in [4.69, 9.17) is 4.74 Å². The van der Waals surface area contributed by atoms with Gasteiger partial charge in [-0.25, -0.2) is 4.98 Å². The summed E-state index contributed by atoms with van der Waals surface area (Å²) in [5.74, 6) is 0.934. The fourth-order valence-corrected chi connectivity index (χ4v) is 2.67. The van der Waals surface area contributed by atoms with Gasteiger partial charge in [0.15, 0.2) is 0 Å². The van der Waals surface area contributed by atoms with Crippen molar-refractivity contribution in [3.8, 4) is 5.75 Å². The van der Waals surface area contributed by atoms with Gasteiger partial charge < -0.3 is 10.1 Å². The van der Waals surface area contributed by atoms with Crippen LogP contribution in [0.5, 0.6) is 5.75 Å². The number of nitrogens with one attached hydrogen (secondary N) is 1. The average Bonchev–Trinajstić information content (AvgIpc) is 2.84. The van der Waals surface area contributed by atoms with Crippen LogP contribution in [0.25, 0.3) is 0 Å². The van der Waals surface area contributed by atoms with Crippen molar-refractivity contribution in [2.45, 2.75) is 39.8 Å². The van der Waals surface area contributed by atoms with E-state index in [0.717, 1.165) is 23.7 Å². The molecule has 2 rings (SSSR count). The van der Waals surface area contributed by atoms with Crippen molar-refractivity contribution in [2.24, 2.45) is 0 Å². The standard InChI is InChI=1S/C16H22N2OS/c1-12(2)17-10-15-11-18-16(20-15)7-8-19-14-6-4-5-13(3)9-14/h4-6,9,11-12,17H,7-8,10H2,1-3H3. The molecule has 1 aromatic heterocycles. The highest BCUT2D eigenvalue weighted by Crippen LogP contribution is 2.16. The summed E-state index contributed by atoms with van der Waals surface area (Å²) in [7, 11) is 0. The first kappa shape index (κ1) is 15.0. The number of ether oxygens (including phenoxy) is 1. The quantitative estimate of drug-likeness (QED) is 0.846. The normalized spacial score (nSPS) is 11.0. The maximum absolute atomic E-state index is 5.75. The zero-order chi connectivity index (χ0) is 14.4. The minimum absolute atomic E-state index is 0.505. The van der Waals surface area contributed by atoms with E-state index in [1.54, 1.807) is 11.3 Å². The Bertz CT molecular complexity index is 537. The van der Waals surface area contributed by atoms with E-state index in [2.05, 4.69) is 43.2 Å². The van der Waals surface area contributed by atoms with Crippen molar-refractivity contribution in [3.05, 3.63) is 45.9 Å². The number of benzene rings is 1. The number of rotatable bonds is 7. The van der Waals surface area contributed by atoms with Crippen LogP contribution < -0.4 is 10.1 Å². The van der Waals surface area contributed by atoms with Gasteiger partial charge in [0.05, 0.1) is 11.6 Å². The first-order chi connectivity index (χ1) is 9.63. The molecule has 0 bridgehead atoms. The minimum Gasteiger partial charge on any atom is -0.493 e. The summed E-state index contributed by atoms with van der Waals surface area (Å²) in [4.78, 5) is 5.72. The van der Waals surface area contributed by atoms with Crippen LogP contribution in [0.15, 0.2) is 30.5 Å². The summed E-state index contributed by atoms with van der Waals surface area (Å²) in [6.45, 7) is 7.94. The molecule has 0 radical (unpaired) electrons. The molecule has 0 aliphatic heterocycles. The monoisotopic (exact) mass is 290 g/mol. The van der Waals surface area contributed by atoms with Gasteiger partial charge in [-0.1, -0.05) is 26.0 Å². The van der Waals surface area contributed by atoms with Gasteiger partial charge >= 0.3 is 0 Å². The lowest BCUT2D eigenvalue weighted by Crippen LogP contribution is -2.21. The van der Waals surface area contributed by atoms with Gasteiger partial charge in [-0.2, -0.15) is 0 Å². The first-order valence-electron chi connectivity index (χ1n) is 7.00. The highest BCUT2D eigenvalue weighted by atomic mass is 32.1. The predicted octanol–water partition coefficient (Wildman–Crippen LogP) is 3.57. The molecule has 0 fully saturated rings. The lowest BCUT2D eigenvalue weighted by molar-refractivity contribution is 0.321. The van der Waals surface area contributed by atoms with Gasteiger partial charge in [-0.15, -0.1) is 11.3 Å². The van der Waals surface area contributed by atoms with Gasteiger partial charge in [0.25, 0.3) is 0 Å². The molecule has 0 aliphatic carbocycles. The van der Waals surface area contributed by atoms with E-state index in [1.807, 2.05) is 18.3 Å². The van der Waals surface area contributed by atoms with Crippen molar-refractivity contribution in [1.29, 1.82) is 0 Å². The smallest absolute Gasteiger partial charge is 0.119 e. The number of hydrogen-bond donors (Lipinski definition) is 1. The molecule has 20 heavy (non-hydrogen) atoms. The summed E-state index contributed by atoms with van der Waals surface area (Å²) in [6.07, 6.45) is 2.82. The van der Waals surface area contributed by atoms with E-state index in [-0.39, 0.29) is 0 Å². The SMILES string of the molecule is Cc1cccc(OCCc2ncc(CNC(C)C)s2)c1. The van der Waals surface area contributed by atoms with Crippen LogP contribution in [0.3, 0.4) is 0 Å². The van der Waals surface area contributed by atoms with Crippen LogP contribution in [-0.2, 0) is 13.0 Å². The topological polar surface area (TPSA) is 34.1 Å². The molecule has 0 saturated heterocycles. The molecule has 0 spiro atoms. The maximum Gasteiger partial charge on any atom is 0.119 e. The zero-order valence-corrected chi connectivity index (χ0v) is 13.2. The molecule has 1 heterocycles. The minimum atomic E-state index is 0.505. The number of hydrogen-bond acceptors (Lipinski definition) is 4. The second-order valence-corrected chi connectivity index (χ2v) is 6.37. The molecule has 0 saturated carbocycles. The fourth-order valence-electron chi connectivity index (χ4n) is 1.81. The summed E-state index contributed by atoms with van der Waals surface area (Å²) in [5.41, 5.74) is 1.22. The van der Waals surface area contributed by atoms with Crippen LogP contribution >= 0.6 is 11.3 Å². The Morgan fingerprint density at radius 3 is 2.95 bits per heavy atom. The van der Waals surface area contributed by atoms with E-state index in [1.165, 1.54) is 10.4 Å². The Morgan fingerprint density at radius 1 is 1.35 bits per heavy atom. The van der Waals surface area contributed by atoms with Crippen LogP contribution in [0.4, 0.5) is 0 Å². The van der Waals surface area contributed by atoms with Crippen molar-refractivity contribution >= 4 is 11.3 Å². The van der Waals surface area contributed by atoms with Gasteiger partial charge in [0, 0.05) is 30.1 Å². The fraction of sp³-hybridized carbons (Fsp3) is 0.438. The lowest BCUT2D eigenvalue weighted by atomic mass is 10.2. The van der Waals surface area contributed by atoms with Crippen LogP contribution in [-0.4, -0.2) is 17.6 Å². The molecule has 0 aliphatic rings. The zero-order valence-electron chi connectivity index (χ0n) is 12.3. The number of aromatic nitrogens is 1. The third kappa shape index (κ3) is 4.94. The molecule has 0 unspecified atom stereocenters. The maximum atomic E-state index is 5.75. The Kier molecular flexibility index (Phi) is 5.56. The summed E-state index contributed by atoms with van der Waals surface area (Å²) in [6, 6.07) is 8.64.